The summed E-state index contributed by atoms with van der Waals surface area (Å²) >= 11 is 0. The van der Waals surface area contributed by atoms with Gasteiger partial charge in [-0.1, -0.05) is 37.8 Å². The van der Waals surface area contributed by atoms with Gasteiger partial charge in [0.1, 0.15) is 0 Å². The van der Waals surface area contributed by atoms with Crippen LogP contribution < -0.4 is 11.0 Å². The SMILES string of the molecule is O=C(NC1CCCCC1)n1c(=O)n(CC2CCC2)c2ccccc21. The van der Waals surface area contributed by atoms with E-state index in [1.54, 1.807) is 4.57 Å². The van der Waals surface area contributed by atoms with E-state index >= 15 is 0 Å². The summed E-state index contributed by atoms with van der Waals surface area (Å²) in [5.74, 6) is 0.573. The van der Waals surface area contributed by atoms with Crippen LogP contribution >= 0.6 is 0 Å². The van der Waals surface area contributed by atoms with Crippen LogP contribution in [0.25, 0.3) is 11.0 Å². The molecule has 2 aliphatic carbocycles. The average molecular weight is 327 g/mol. The first-order valence-electron chi connectivity index (χ1n) is 9.25. The van der Waals surface area contributed by atoms with Crippen molar-refractivity contribution in [3.63, 3.8) is 0 Å². The summed E-state index contributed by atoms with van der Waals surface area (Å²) in [5, 5.41) is 3.07. The third-order valence-electron chi connectivity index (χ3n) is 5.64. The Bertz CT molecular complexity index is 795. The maximum absolute atomic E-state index is 12.9. The number of carbonyl (C=O) groups excluding carboxylic acids is 1. The summed E-state index contributed by atoms with van der Waals surface area (Å²) in [4.78, 5) is 25.7. The first kappa shape index (κ1) is 15.5. The van der Waals surface area contributed by atoms with Crippen molar-refractivity contribution in [1.29, 1.82) is 0 Å². The van der Waals surface area contributed by atoms with Crippen LogP contribution in [0.5, 0.6) is 0 Å². The number of imidazole rings is 1. The number of hydrogen-bond donors (Lipinski definition) is 1. The maximum Gasteiger partial charge on any atom is 0.337 e. The second-order valence-electron chi connectivity index (χ2n) is 7.30. The maximum atomic E-state index is 12.9. The number of nitrogens with one attached hydrogen (secondary N) is 1. The van der Waals surface area contributed by atoms with Gasteiger partial charge in [0, 0.05) is 12.6 Å². The topological polar surface area (TPSA) is 56.0 Å². The highest BCUT2D eigenvalue weighted by Gasteiger charge is 2.24. The molecule has 24 heavy (non-hydrogen) atoms. The first-order valence-corrected chi connectivity index (χ1v) is 9.25. The van der Waals surface area contributed by atoms with E-state index in [1.165, 1.54) is 30.3 Å². The van der Waals surface area contributed by atoms with Crippen LogP contribution in [-0.2, 0) is 6.54 Å². The lowest BCUT2D eigenvalue weighted by Crippen LogP contribution is -2.43. The minimum Gasteiger partial charge on any atom is -0.335 e. The molecule has 2 aromatic rings. The van der Waals surface area contributed by atoms with Crippen LogP contribution in [0.2, 0.25) is 0 Å². The zero-order valence-corrected chi connectivity index (χ0v) is 14.0. The van der Waals surface area contributed by atoms with Crippen LogP contribution in [0.4, 0.5) is 4.79 Å². The summed E-state index contributed by atoms with van der Waals surface area (Å²) in [6.07, 6.45) is 9.20. The molecule has 5 nitrogen and oxygen atoms in total. The highest BCUT2D eigenvalue weighted by molar-refractivity contribution is 5.89. The predicted octanol–water partition coefficient (Wildman–Crippen LogP) is 3.49. The minimum atomic E-state index is -0.268. The second-order valence-corrected chi connectivity index (χ2v) is 7.30. The average Bonchev–Trinajstić information content (AvgIpc) is 2.83. The van der Waals surface area contributed by atoms with E-state index in [0.29, 0.717) is 5.92 Å². The van der Waals surface area contributed by atoms with Crippen molar-refractivity contribution in [2.24, 2.45) is 5.92 Å². The van der Waals surface area contributed by atoms with Crippen LogP contribution in [0.3, 0.4) is 0 Å². The molecule has 0 spiro atoms. The quantitative estimate of drug-likeness (QED) is 0.938. The molecular formula is C19H25N3O2. The number of fused-ring (bicyclic) bond motifs is 1. The van der Waals surface area contributed by atoms with Crippen molar-refractivity contribution < 1.29 is 4.79 Å². The van der Waals surface area contributed by atoms with Gasteiger partial charge in [-0.05, 0) is 43.7 Å². The highest BCUT2D eigenvalue weighted by Crippen LogP contribution is 2.28. The summed E-state index contributed by atoms with van der Waals surface area (Å²) in [6, 6.07) is 7.57. The van der Waals surface area contributed by atoms with Crippen molar-refractivity contribution in [2.75, 3.05) is 0 Å². The first-order chi connectivity index (χ1) is 11.7. The number of benzene rings is 1. The number of para-hydroxylation sites is 2. The standard InChI is InChI=1S/C19H25N3O2/c23-18(20-15-9-2-1-3-10-15)22-17-12-5-4-11-16(17)21(19(22)24)13-14-7-6-8-14/h4-5,11-12,14-15H,1-3,6-10,13H2,(H,20,23). The molecule has 1 heterocycles. The van der Waals surface area contributed by atoms with E-state index in [0.717, 1.165) is 43.3 Å². The van der Waals surface area contributed by atoms with Gasteiger partial charge >= 0.3 is 11.7 Å². The number of aromatic nitrogens is 2. The van der Waals surface area contributed by atoms with Crippen LogP contribution in [0.1, 0.15) is 51.4 Å². The number of amides is 1. The summed E-state index contributed by atoms with van der Waals surface area (Å²) in [7, 11) is 0. The molecule has 0 radical (unpaired) electrons. The third-order valence-corrected chi connectivity index (χ3v) is 5.64. The number of hydrogen-bond acceptors (Lipinski definition) is 2. The zero-order chi connectivity index (χ0) is 16.5. The third kappa shape index (κ3) is 2.76. The van der Waals surface area contributed by atoms with Crippen molar-refractivity contribution in [3.8, 4) is 0 Å². The molecule has 0 saturated heterocycles. The predicted molar refractivity (Wildman–Crippen MR) is 94.3 cm³/mol. The molecule has 0 unspecified atom stereocenters. The monoisotopic (exact) mass is 327 g/mol. The molecule has 4 rings (SSSR count). The normalized spacial score (nSPS) is 19.3. The van der Waals surface area contributed by atoms with Gasteiger partial charge in [0.25, 0.3) is 0 Å². The van der Waals surface area contributed by atoms with E-state index in [4.69, 9.17) is 0 Å². The molecule has 0 atom stereocenters. The van der Waals surface area contributed by atoms with E-state index < -0.39 is 0 Å². The lowest BCUT2D eigenvalue weighted by Gasteiger charge is -2.25. The Kier molecular flexibility index (Phi) is 4.17. The highest BCUT2D eigenvalue weighted by atomic mass is 16.2. The Morgan fingerprint density at radius 2 is 1.71 bits per heavy atom. The lowest BCUT2D eigenvalue weighted by molar-refractivity contribution is 0.233. The van der Waals surface area contributed by atoms with E-state index in [9.17, 15) is 9.59 Å². The molecule has 2 aliphatic rings. The number of nitrogens with zero attached hydrogens (tertiary/aromatic N) is 2. The van der Waals surface area contributed by atoms with Crippen molar-refractivity contribution >= 4 is 17.1 Å². The zero-order valence-electron chi connectivity index (χ0n) is 14.0. The number of carbonyl (C=O) groups is 1. The Morgan fingerprint density at radius 1 is 1.00 bits per heavy atom. The van der Waals surface area contributed by atoms with Crippen molar-refractivity contribution in [2.45, 2.75) is 64.0 Å². The Hall–Kier alpha value is -2.04. The van der Waals surface area contributed by atoms with E-state index in [2.05, 4.69) is 5.32 Å². The van der Waals surface area contributed by atoms with Gasteiger partial charge < -0.3 is 5.32 Å². The Labute approximate surface area is 141 Å². The molecule has 128 valence electrons. The fourth-order valence-electron chi connectivity index (χ4n) is 4.00. The largest absolute Gasteiger partial charge is 0.337 e. The van der Waals surface area contributed by atoms with Gasteiger partial charge in [-0.2, -0.15) is 0 Å². The molecule has 1 N–H and O–H groups in total. The minimum absolute atomic E-state index is 0.198. The van der Waals surface area contributed by atoms with E-state index in [1.807, 2.05) is 24.3 Å². The molecule has 1 amide bonds. The smallest absolute Gasteiger partial charge is 0.335 e. The molecule has 1 aromatic carbocycles. The van der Waals surface area contributed by atoms with Crippen LogP contribution in [0.15, 0.2) is 29.1 Å². The molecule has 5 heteroatoms. The van der Waals surface area contributed by atoms with Gasteiger partial charge in [0.15, 0.2) is 0 Å². The van der Waals surface area contributed by atoms with Crippen molar-refractivity contribution in [3.05, 3.63) is 34.7 Å². The van der Waals surface area contributed by atoms with Gasteiger partial charge in [-0.25, -0.2) is 14.2 Å². The second kappa shape index (κ2) is 6.46. The fraction of sp³-hybridized carbons (Fsp3) is 0.579. The van der Waals surface area contributed by atoms with Gasteiger partial charge in [-0.3, -0.25) is 4.57 Å². The molecule has 0 bridgehead atoms. The molecule has 2 fully saturated rings. The summed E-state index contributed by atoms with van der Waals surface area (Å²) in [6.45, 7) is 0.725. The molecule has 0 aliphatic heterocycles. The van der Waals surface area contributed by atoms with Gasteiger partial charge in [-0.15, -0.1) is 0 Å². The van der Waals surface area contributed by atoms with Gasteiger partial charge in [0.05, 0.1) is 11.0 Å². The Morgan fingerprint density at radius 3 is 2.38 bits per heavy atom. The van der Waals surface area contributed by atoms with E-state index in [-0.39, 0.29) is 17.8 Å². The lowest BCUT2D eigenvalue weighted by atomic mass is 9.85. The summed E-state index contributed by atoms with van der Waals surface area (Å²) < 4.78 is 3.13. The van der Waals surface area contributed by atoms with Crippen LogP contribution in [-0.4, -0.2) is 21.2 Å². The molecule has 2 saturated carbocycles. The molecular weight excluding hydrogens is 302 g/mol. The fourth-order valence-corrected chi connectivity index (χ4v) is 4.00. The van der Waals surface area contributed by atoms with Crippen LogP contribution in [0, 0.1) is 5.92 Å². The van der Waals surface area contributed by atoms with Gasteiger partial charge in [0.2, 0.25) is 0 Å². The number of rotatable bonds is 3. The van der Waals surface area contributed by atoms with Crippen molar-refractivity contribution in [1.82, 2.24) is 14.5 Å². The molecule has 1 aromatic heterocycles. The summed E-state index contributed by atoms with van der Waals surface area (Å²) in [5.41, 5.74) is 1.39. The Balaban J connectivity index is 1.67.